The summed E-state index contributed by atoms with van der Waals surface area (Å²) in [6, 6.07) is 7.80. The molecule has 0 unspecified atom stereocenters. The van der Waals surface area contributed by atoms with Gasteiger partial charge in [0.05, 0.1) is 22.3 Å². The van der Waals surface area contributed by atoms with Gasteiger partial charge in [0.15, 0.2) is 9.84 Å². The van der Waals surface area contributed by atoms with E-state index in [1.807, 2.05) is 31.2 Å². The van der Waals surface area contributed by atoms with Crippen molar-refractivity contribution in [3.05, 3.63) is 35.4 Å². The van der Waals surface area contributed by atoms with E-state index in [0.29, 0.717) is 0 Å². The molecule has 2 rings (SSSR count). The van der Waals surface area contributed by atoms with Gasteiger partial charge in [-0.15, -0.1) is 0 Å². The molecule has 0 aromatic heterocycles. The molecule has 1 aromatic rings. The van der Waals surface area contributed by atoms with E-state index in [2.05, 4.69) is 0 Å². The Hall–Kier alpha value is -0.980. The number of methoxy groups -OCH3 is 1. The van der Waals surface area contributed by atoms with Crippen LogP contribution in [0.5, 0.6) is 0 Å². The highest BCUT2D eigenvalue weighted by molar-refractivity contribution is 7.92. The average Bonchev–Trinajstić information content (AvgIpc) is 3.01. The minimum Gasteiger partial charge on any atom is -0.393 e. The van der Waals surface area contributed by atoms with Crippen LogP contribution in [0, 0.1) is 12.3 Å². The van der Waals surface area contributed by atoms with Gasteiger partial charge in [-0.1, -0.05) is 42.0 Å². The van der Waals surface area contributed by atoms with Gasteiger partial charge >= 0.3 is 0 Å². The summed E-state index contributed by atoms with van der Waals surface area (Å²) in [6.45, 7) is 2.21. The zero-order chi connectivity index (χ0) is 15.1. The van der Waals surface area contributed by atoms with E-state index >= 15 is 0 Å². The van der Waals surface area contributed by atoms with Crippen molar-refractivity contribution in [3.63, 3.8) is 0 Å². The van der Waals surface area contributed by atoms with Crippen molar-refractivity contribution in [2.24, 2.45) is 11.1 Å². The second-order valence-corrected chi connectivity index (χ2v) is 8.08. The third-order valence-corrected chi connectivity index (χ3v) is 5.99. The molecule has 0 heterocycles. The zero-order valence-electron chi connectivity index (χ0n) is 11.8. The topological polar surface area (TPSA) is 69.4 Å². The molecule has 1 fully saturated rings. The van der Waals surface area contributed by atoms with Gasteiger partial charge in [-0.25, -0.2) is 8.42 Å². The maximum atomic E-state index is 12.1. The molecular weight excluding hydrogens is 294 g/mol. The van der Waals surface area contributed by atoms with Crippen molar-refractivity contribution < 1.29 is 13.2 Å². The minimum absolute atomic E-state index is 0.209. The van der Waals surface area contributed by atoms with Gasteiger partial charge in [0, 0.05) is 19.3 Å². The van der Waals surface area contributed by atoms with Crippen LogP contribution in [0.4, 0.5) is 0 Å². The molecule has 1 saturated carbocycles. The van der Waals surface area contributed by atoms with Gasteiger partial charge in [0.1, 0.15) is 0 Å². The summed E-state index contributed by atoms with van der Waals surface area (Å²) in [5, 5.41) is -0.602. The van der Waals surface area contributed by atoms with E-state index in [1.54, 1.807) is 0 Å². The normalized spacial score (nSPS) is 29.1. The Kier molecular flexibility index (Phi) is 3.92. The summed E-state index contributed by atoms with van der Waals surface area (Å²) in [5.41, 5.74) is 7.13. The minimum atomic E-state index is -3.26. The number of hydrogen-bond acceptors (Lipinski definition) is 4. The lowest BCUT2D eigenvalue weighted by Gasteiger charge is -2.15. The van der Waals surface area contributed by atoms with Gasteiger partial charge in [0.25, 0.3) is 0 Å². The summed E-state index contributed by atoms with van der Waals surface area (Å²) in [7, 11) is -1.73. The van der Waals surface area contributed by atoms with Crippen molar-refractivity contribution in [1.29, 1.82) is 0 Å². The molecular formula is C14H19NO3S2. The summed E-state index contributed by atoms with van der Waals surface area (Å²) in [6.07, 6.45) is 1.23. The van der Waals surface area contributed by atoms with Gasteiger partial charge in [-0.3, -0.25) is 0 Å². The van der Waals surface area contributed by atoms with E-state index in [9.17, 15) is 8.42 Å². The Morgan fingerprint density at radius 2 is 1.95 bits per heavy atom. The Morgan fingerprint density at radius 3 is 2.35 bits per heavy atom. The maximum Gasteiger partial charge on any atom is 0.152 e. The molecule has 3 atom stereocenters. The Bertz CT molecular complexity index is 624. The number of ether oxygens (including phenoxy) is 1. The lowest BCUT2D eigenvalue weighted by molar-refractivity contribution is 0.166. The second kappa shape index (κ2) is 5.09. The molecule has 6 heteroatoms. The highest BCUT2D eigenvalue weighted by atomic mass is 32.2. The summed E-state index contributed by atoms with van der Waals surface area (Å²) in [4.78, 5) is 0.209. The molecule has 1 aliphatic carbocycles. The van der Waals surface area contributed by atoms with E-state index < -0.39 is 20.5 Å². The first-order valence-electron chi connectivity index (χ1n) is 6.29. The fourth-order valence-corrected chi connectivity index (χ4v) is 5.36. The smallest absolute Gasteiger partial charge is 0.152 e. The van der Waals surface area contributed by atoms with Crippen molar-refractivity contribution >= 4 is 27.0 Å². The maximum absolute atomic E-state index is 12.1. The second-order valence-electron chi connectivity index (χ2n) is 5.48. The fraction of sp³-hybridized carbons (Fsp3) is 0.500. The standard InChI is InChI=1S/C14H19NO3S2/c1-9-4-6-10(7-5-9)11-12(20(3,16)17)14(11,8-18-2)13(15)19/h4-7,11-12H,8H2,1-3H3,(H2,15,19)/t11-,12-,14+/m1/s1. The van der Waals surface area contributed by atoms with Gasteiger partial charge in [0.2, 0.25) is 0 Å². The molecule has 0 spiro atoms. The predicted octanol–water partition coefficient (Wildman–Crippen LogP) is 1.42. The van der Waals surface area contributed by atoms with Crippen LogP contribution >= 0.6 is 12.2 Å². The van der Waals surface area contributed by atoms with E-state index in [1.165, 1.54) is 13.4 Å². The largest absolute Gasteiger partial charge is 0.393 e. The van der Waals surface area contributed by atoms with Crippen LogP contribution in [0.2, 0.25) is 0 Å². The van der Waals surface area contributed by atoms with Gasteiger partial charge in [-0.05, 0) is 12.5 Å². The quantitative estimate of drug-likeness (QED) is 0.833. The number of nitrogens with two attached hydrogens (primary N) is 1. The summed E-state index contributed by atoms with van der Waals surface area (Å²) in [5.74, 6) is -0.226. The van der Waals surface area contributed by atoms with Crippen molar-refractivity contribution in [2.75, 3.05) is 20.0 Å². The molecule has 1 aliphatic rings. The molecule has 4 nitrogen and oxygen atoms in total. The number of thiocarbonyl (C=S) groups is 1. The number of benzene rings is 1. The third kappa shape index (κ3) is 2.36. The molecule has 0 radical (unpaired) electrons. The molecule has 0 aliphatic heterocycles. The monoisotopic (exact) mass is 313 g/mol. The first-order chi connectivity index (χ1) is 9.25. The molecule has 20 heavy (non-hydrogen) atoms. The number of aryl methyl sites for hydroxylation is 1. The fourth-order valence-electron chi connectivity index (χ4n) is 3.06. The van der Waals surface area contributed by atoms with Crippen molar-refractivity contribution in [2.45, 2.75) is 18.1 Å². The van der Waals surface area contributed by atoms with Gasteiger partial charge < -0.3 is 10.5 Å². The van der Waals surface area contributed by atoms with E-state index in [0.717, 1.165) is 11.1 Å². The van der Waals surface area contributed by atoms with E-state index in [4.69, 9.17) is 22.7 Å². The predicted molar refractivity (Wildman–Crippen MR) is 83.6 cm³/mol. The van der Waals surface area contributed by atoms with Crippen LogP contribution in [-0.4, -0.2) is 38.6 Å². The zero-order valence-corrected chi connectivity index (χ0v) is 13.4. The van der Waals surface area contributed by atoms with Crippen LogP contribution in [0.15, 0.2) is 24.3 Å². The number of hydrogen-bond donors (Lipinski definition) is 1. The first-order valence-corrected chi connectivity index (χ1v) is 8.65. The van der Waals surface area contributed by atoms with Crippen LogP contribution in [0.25, 0.3) is 0 Å². The molecule has 2 N–H and O–H groups in total. The molecule has 1 aromatic carbocycles. The first kappa shape index (κ1) is 15.4. The van der Waals surface area contributed by atoms with Crippen LogP contribution in [0.3, 0.4) is 0 Å². The van der Waals surface area contributed by atoms with Crippen LogP contribution in [-0.2, 0) is 14.6 Å². The Morgan fingerprint density at radius 1 is 1.40 bits per heavy atom. The van der Waals surface area contributed by atoms with Crippen LogP contribution < -0.4 is 5.73 Å². The van der Waals surface area contributed by atoms with Crippen molar-refractivity contribution in [1.82, 2.24) is 0 Å². The van der Waals surface area contributed by atoms with E-state index in [-0.39, 0.29) is 17.5 Å². The highest BCUT2D eigenvalue weighted by Gasteiger charge is 2.71. The summed E-state index contributed by atoms with van der Waals surface area (Å²) < 4.78 is 29.3. The molecule has 110 valence electrons. The highest BCUT2D eigenvalue weighted by Crippen LogP contribution is 2.63. The molecule has 0 saturated heterocycles. The molecule has 0 bridgehead atoms. The Labute approximate surface area is 125 Å². The summed E-state index contributed by atoms with van der Waals surface area (Å²) >= 11 is 5.14. The lowest BCUT2D eigenvalue weighted by Crippen LogP contribution is -2.32. The molecule has 0 amide bonds. The number of sulfone groups is 1. The Balaban J connectivity index is 2.49. The van der Waals surface area contributed by atoms with Crippen LogP contribution in [0.1, 0.15) is 17.0 Å². The average molecular weight is 313 g/mol. The number of rotatable bonds is 5. The third-order valence-electron chi connectivity index (χ3n) is 4.00. The van der Waals surface area contributed by atoms with Gasteiger partial charge in [-0.2, -0.15) is 0 Å². The van der Waals surface area contributed by atoms with Crippen molar-refractivity contribution in [3.8, 4) is 0 Å². The lowest BCUT2D eigenvalue weighted by atomic mass is 9.99. The SMILES string of the molecule is COC[C@]1(C(N)=S)[C@H](c2ccc(C)cc2)[C@H]1S(C)(=O)=O.